The van der Waals surface area contributed by atoms with Gasteiger partial charge in [0.1, 0.15) is 23.8 Å². The maximum absolute atomic E-state index is 14.9. The summed E-state index contributed by atoms with van der Waals surface area (Å²) in [5, 5.41) is 0. The van der Waals surface area contributed by atoms with Gasteiger partial charge in [-0.1, -0.05) is 0 Å². The Morgan fingerprint density at radius 1 is 1.16 bits per heavy atom. The number of fused-ring (bicyclic) bond motifs is 1. The minimum absolute atomic E-state index is 0.0214. The summed E-state index contributed by atoms with van der Waals surface area (Å²) in [6, 6.07) is 7.95. The van der Waals surface area contributed by atoms with Crippen molar-refractivity contribution in [1.29, 1.82) is 0 Å². The molecule has 4 rings (SSSR count). The summed E-state index contributed by atoms with van der Waals surface area (Å²) in [6.45, 7) is 12.8. The molecule has 0 atom stereocenters. The van der Waals surface area contributed by atoms with Crippen molar-refractivity contribution in [2.45, 2.75) is 72.8 Å². The zero-order valence-corrected chi connectivity index (χ0v) is 22.1. The van der Waals surface area contributed by atoms with E-state index in [0.29, 0.717) is 22.7 Å². The van der Waals surface area contributed by atoms with Crippen LogP contribution in [0.2, 0.25) is 0 Å². The topological polar surface area (TPSA) is 95.8 Å². The molecule has 9 nitrogen and oxygen atoms in total. The van der Waals surface area contributed by atoms with E-state index in [0.717, 1.165) is 5.69 Å². The van der Waals surface area contributed by atoms with Gasteiger partial charge in [0.15, 0.2) is 11.6 Å². The van der Waals surface area contributed by atoms with E-state index in [9.17, 15) is 14.0 Å². The maximum atomic E-state index is 14.9. The number of aromatic nitrogens is 3. The number of aryl methyl sites for hydroxylation is 2. The molecule has 0 bridgehead atoms. The minimum Gasteiger partial charge on any atom is -0.473 e. The molecule has 1 amide bonds. The first-order valence-electron chi connectivity index (χ1n) is 11.9. The van der Waals surface area contributed by atoms with Crippen LogP contribution in [0.4, 0.5) is 15.0 Å². The maximum Gasteiger partial charge on any atom is 0.416 e. The predicted molar refractivity (Wildman–Crippen MR) is 136 cm³/mol. The molecular formula is C27H31FN4O5. The van der Waals surface area contributed by atoms with E-state index in [1.807, 2.05) is 20.8 Å². The lowest BCUT2D eigenvalue weighted by atomic mass is 10.1. The Labute approximate surface area is 214 Å². The van der Waals surface area contributed by atoms with Crippen molar-refractivity contribution in [2.24, 2.45) is 0 Å². The average molecular weight is 511 g/mol. The molecule has 1 aromatic carbocycles. The summed E-state index contributed by atoms with van der Waals surface area (Å²) in [4.78, 5) is 35.3. The molecule has 3 heterocycles. The van der Waals surface area contributed by atoms with E-state index in [4.69, 9.17) is 14.2 Å². The van der Waals surface area contributed by atoms with Crippen LogP contribution < -0.4 is 20.1 Å². The highest BCUT2D eigenvalue weighted by Crippen LogP contribution is 2.35. The molecule has 3 aromatic rings. The highest BCUT2D eigenvalue weighted by Gasteiger charge is 2.43. The zero-order valence-electron chi connectivity index (χ0n) is 22.1. The number of pyridine rings is 1. The Morgan fingerprint density at radius 3 is 2.54 bits per heavy atom. The number of amides is 1. The lowest BCUT2D eigenvalue weighted by molar-refractivity contribution is 0.0552. The van der Waals surface area contributed by atoms with Crippen molar-refractivity contribution in [1.82, 2.24) is 14.5 Å². The van der Waals surface area contributed by atoms with Crippen LogP contribution in [0.1, 0.15) is 51.4 Å². The fourth-order valence-corrected chi connectivity index (χ4v) is 4.17. The third kappa shape index (κ3) is 5.73. The highest BCUT2D eigenvalue weighted by atomic mass is 19.1. The molecule has 1 aliphatic heterocycles. The number of benzene rings is 1. The summed E-state index contributed by atoms with van der Waals surface area (Å²) < 4.78 is 33.4. The molecule has 0 radical (unpaired) electrons. The standard InChI is InChI=1S/C27H31FN4O5/c1-16-10-18(12-20(28)23(16)36-19-8-9-29-17(2)11-19)14-35-21-13-22-31(24(33)30-21)15-27(6,7)32(22)25(34)37-26(3,4)5/h8-13H,14-15H2,1-7H3. The van der Waals surface area contributed by atoms with Crippen molar-refractivity contribution < 1.29 is 23.4 Å². The van der Waals surface area contributed by atoms with Crippen LogP contribution in [0.25, 0.3) is 0 Å². The second-order valence-corrected chi connectivity index (χ2v) is 10.7. The summed E-state index contributed by atoms with van der Waals surface area (Å²) >= 11 is 0. The van der Waals surface area contributed by atoms with Crippen molar-refractivity contribution in [2.75, 3.05) is 4.90 Å². The van der Waals surface area contributed by atoms with E-state index < -0.39 is 28.7 Å². The number of halogens is 1. The van der Waals surface area contributed by atoms with Crippen LogP contribution >= 0.6 is 0 Å². The number of carbonyl (C=O) groups is 1. The van der Waals surface area contributed by atoms with Crippen molar-refractivity contribution in [3.8, 4) is 17.4 Å². The molecule has 2 aromatic heterocycles. The molecule has 0 aliphatic carbocycles. The van der Waals surface area contributed by atoms with Crippen LogP contribution in [-0.4, -0.2) is 31.8 Å². The fourth-order valence-electron chi connectivity index (χ4n) is 4.17. The van der Waals surface area contributed by atoms with E-state index >= 15 is 0 Å². The third-order valence-corrected chi connectivity index (χ3v) is 5.69. The van der Waals surface area contributed by atoms with Crippen molar-refractivity contribution in [3.05, 3.63) is 69.7 Å². The number of nitrogens with zero attached hydrogens (tertiary/aromatic N) is 4. The summed E-state index contributed by atoms with van der Waals surface area (Å²) in [7, 11) is 0. The van der Waals surface area contributed by atoms with Gasteiger partial charge < -0.3 is 14.2 Å². The van der Waals surface area contributed by atoms with Crippen LogP contribution in [0, 0.1) is 19.7 Å². The number of hydrogen-bond donors (Lipinski definition) is 0. The quantitative estimate of drug-likeness (QED) is 0.460. The summed E-state index contributed by atoms with van der Waals surface area (Å²) in [5.41, 5.74) is -0.107. The van der Waals surface area contributed by atoms with Gasteiger partial charge in [0.2, 0.25) is 5.88 Å². The Hall–Kier alpha value is -3.95. The van der Waals surface area contributed by atoms with E-state index in [2.05, 4.69) is 9.97 Å². The van der Waals surface area contributed by atoms with Crippen LogP contribution in [0.3, 0.4) is 0 Å². The molecular weight excluding hydrogens is 479 g/mol. The normalized spacial score (nSPS) is 14.3. The second-order valence-electron chi connectivity index (χ2n) is 10.7. The Bertz CT molecular complexity index is 1390. The highest BCUT2D eigenvalue weighted by molar-refractivity contribution is 5.89. The smallest absolute Gasteiger partial charge is 0.416 e. The number of hydrogen-bond acceptors (Lipinski definition) is 7. The van der Waals surface area contributed by atoms with E-state index in [1.54, 1.807) is 52.1 Å². The molecule has 0 fully saturated rings. The molecule has 0 saturated heterocycles. The number of rotatable bonds is 5. The van der Waals surface area contributed by atoms with Crippen LogP contribution in [0.15, 0.2) is 41.3 Å². The van der Waals surface area contributed by atoms with Crippen molar-refractivity contribution in [3.63, 3.8) is 0 Å². The number of anilines is 1. The molecule has 0 saturated carbocycles. The van der Waals surface area contributed by atoms with Crippen molar-refractivity contribution >= 4 is 11.9 Å². The Morgan fingerprint density at radius 2 is 1.89 bits per heavy atom. The first-order chi connectivity index (χ1) is 17.2. The summed E-state index contributed by atoms with van der Waals surface area (Å²) in [6.07, 6.45) is 1.02. The SMILES string of the molecule is Cc1cc(Oc2c(C)cc(COc3cc4n(c(=O)n3)CC(C)(C)N4C(=O)OC(C)(C)C)cc2F)ccn1. The van der Waals surface area contributed by atoms with E-state index in [1.165, 1.54) is 21.6 Å². The lowest BCUT2D eigenvalue weighted by Gasteiger charge is -2.32. The number of ether oxygens (including phenoxy) is 3. The zero-order chi connectivity index (χ0) is 27.1. The van der Waals surface area contributed by atoms with Crippen LogP contribution in [-0.2, 0) is 17.9 Å². The van der Waals surface area contributed by atoms with Gasteiger partial charge in [-0.15, -0.1) is 0 Å². The molecule has 0 unspecified atom stereocenters. The van der Waals surface area contributed by atoms with Gasteiger partial charge in [-0.05, 0) is 77.8 Å². The monoisotopic (exact) mass is 510 g/mol. The third-order valence-electron chi connectivity index (χ3n) is 5.69. The lowest BCUT2D eigenvalue weighted by Crippen LogP contribution is -2.47. The largest absolute Gasteiger partial charge is 0.473 e. The Kier molecular flexibility index (Phi) is 6.70. The molecule has 37 heavy (non-hydrogen) atoms. The summed E-state index contributed by atoms with van der Waals surface area (Å²) in [5.74, 6) is 0.395. The molecule has 0 N–H and O–H groups in total. The van der Waals surface area contributed by atoms with E-state index in [-0.39, 0.29) is 24.8 Å². The first kappa shape index (κ1) is 26.1. The van der Waals surface area contributed by atoms with Gasteiger partial charge in [0.25, 0.3) is 0 Å². The number of carbonyl (C=O) groups excluding carboxylic acids is 1. The van der Waals surface area contributed by atoms with Gasteiger partial charge in [-0.3, -0.25) is 14.5 Å². The van der Waals surface area contributed by atoms with Gasteiger partial charge in [-0.2, -0.15) is 4.98 Å². The molecule has 10 heteroatoms. The van der Waals surface area contributed by atoms with Crippen LogP contribution in [0.5, 0.6) is 17.4 Å². The fraction of sp³-hybridized carbons (Fsp3) is 0.407. The molecule has 1 aliphatic rings. The van der Waals surface area contributed by atoms with Gasteiger partial charge in [0, 0.05) is 24.0 Å². The van der Waals surface area contributed by atoms with Gasteiger partial charge in [0.05, 0.1) is 12.1 Å². The average Bonchev–Trinajstić information content (AvgIpc) is 3.04. The van der Waals surface area contributed by atoms with Gasteiger partial charge in [-0.25, -0.2) is 14.0 Å². The first-order valence-corrected chi connectivity index (χ1v) is 11.9. The molecule has 0 spiro atoms. The van der Waals surface area contributed by atoms with Gasteiger partial charge >= 0.3 is 11.8 Å². The Balaban J connectivity index is 1.55. The minimum atomic E-state index is -0.710. The second kappa shape index (κ2) is 9.49. The predicted octanol–water partition coefficient (Wildman–Crippen LogP) is 5.30. The molecule has 196 valence electrons.